The molecule has 1 aliphatic rings. The zero-order valence-corrected chi connectivity index (χ0v) is 61.0. The molecule has 1 saturated carbocycles. The maximum atomic E-state index is 11.7. The normalized spacial score (nSPS) is 12.2. The van der Waals surface area contributed by atoms with Gasteiger partial charge in [0, 0.05) is 100 Å². The number of ether oxygens (including phenoxy) is 1. The Kier molecular flexibility index (Phi) is 42.5. The van der Waals surface area contributed by atoms with E-state index in [1.807, 2.05) is 98.1 Å². The van der Waals surface area contributed by atoms with Crippen LogP contribution in [0.5, 0.6) is 0 Å². The van der Waals surface area contributed by atoms with Crippen molar-refractivity contribution in [3.63, 3.8) is 0 Å². The highest BCUT2D eigenvalue weighted by Gasteiger charge is 2.24. The predicted octanol–water partition coefficient (Wildman–Crippen LogP) is 12.1. The molecule has 2 aromatic heterocycles. The Labute approximate surface area is 530 Å². The number of carbonyl (C=O) groups excluding carboxylic acids is 4. The van der Waals surface area contributed by atoms with Crippen molar-refractivity contribution in [1.29, 1.82) is 0 Å². The van der Waals surface area contributed by atoms with Crippen LogP contribution in [0.15, 0.2) is 110 Å². The van der Waals surface area contributed by atoms with Crippen molar-refractivity contribution in [2.24, 2.45) is 5.92 Å². The van der Waals surface area contributed by atoms with Gasteiger partial charge in [0.25, 0.3) is 0 Å². The van der Waals surface area contributed by atoms with E-state index < -0.39 is 41.6 Å². The number of benzene rings is 2. The van der Waals surface area contributed by atoms with E-state index >= 15 is 0 Å². The van der Waals surface area contributed by atoms with E-state index in [2.05, 4.69) is 107 Å². The van der Waals surface area contributed by atoms with Crippen molar-refractivity contribution < 1.29 is 46.0 Å². The Bertz CT molecular complexity index is 2250. The Balaban J connectivity index is 0.000000546. The Morgan fingerprint density at radius 3 is 1.18 bits per heavy atom. The van der Waals surface area contributed by atoms with E-state index in [0.717, 1.165) is 104 Å². The molecule has 0 atom stereocenters. The smallest absolute Gasteiger partial charge is 0.315 e. The largest absolute Gasteiger partial charge is 0.420 e. The zero-order chi connectivity index (χ0) is 64.9. The van der Waals surface area contributed by atoms with Crippen LogP contribution in [-0.2, 0) is 62.4 Å². The molecule has 2 aromatic carbocycles. The molecule has 0 aliphatic heterocycles. The van der Waals surface area contributed by atoms with Crippen molar-refractivity contribution in [2.75, 3.05) is 74.9 Å². The summed E-state index contributed by atoms with van der Waals surface area (Å²) in [5, 5.41) is 17.2. The molecule has 0 radical (unpaired) electrons. The van der Waals surface area contributed by atoms with Crippen molar-refractivity contribution >= 4 is 65.5 Å². The predicted molar refractivity (Wildman–Crippen MR) is 368 cm³/mol. The third-order valence-electron chi connectivity index (χ3n) is 14.7. The van der Waals surface area contributed by atoms with Crippen molar-refractivity contribution in [1.82, 2.24) is 41.9 Å². The topological polar surface area (TPSA) is 222 Å². The van der Waals surface area contributed by atoms with Crippen molar-refractivity contribution in [2.45, 2.75) is 167 Å². The summed E-state index contributed by atoms with van der Waals surface area (Å²) in [7, 11) is 1.64. The van der Waals surface area contributed by atoms with Crippen LogP contribution in [0.1, 0.15) is 67.3 Å². The molecule has 87 heavy (non-hydrogen) atoms. The lowest BCUT2D eigenvalue weighted by Crippen LogP contribution is -2.37. The van der Waals surface area contributed by atoms with Gasteiger partial charge in [0.15, 0.2) is 41.6 Å². The monoisotopic (exact) mass is 1290 g/mol. The quantitative estimate of drug-likeness (QED) is 0.0187. The van der Waals surface area contributed by atoms with Gasteiger partial charge in [-0.15, -0.1) is 0 Å². The second kappa shape index (κ2) is 46.2. The summed E-state index contributed by atoms with van der Waals surface area (Å²) in [6, 6.07) is 34.3. The molecular weight excluding hydrogens is 1180 g/mol. The summed E-state index contributed by atoms with van der Waals surface area (Å²) in [4.78, 5) is 54.5. The van der Waals surface area contributed by atoms with Crippen LogP contribution in [0.2, 0.25) is 95.7 Å². The summed E-state index contributed by atoms with van der Waals surface area (Å²) < 4.78 is 32.9. The van der Waals surface area contributed by atoms with E-state index in [1.54, 1.807) is 47.0 Å². The fourth-order valence-electron chi connectivity index (χ4n) is 7.73. The van der Waals surface area contributed by atoms with Gasteiger partial charge in [-0.25, -0.2) is 9.59 Å². The molecule has 18 nitrogen and oxygen atoms in total. The Morgan fingerprint density at radius 2 is 0.793 bits per heavy atom. The van der Waals surface area contributed by atoms with Gasteiger partial charge in [0.05, 0.1) is 25.1 Å². The lowest BCUT2D eigenvalue weighted by Gasteiger charge is -2.19. The molecule has 0 saturated heterocycles. The highest BCUT2D eigenvalue weighted by Crippen LogP contribution is 2.29. The first kappa shape index (κ1) is 80.1. The molecule has 0 spiro atoms. The molecule has 5 rings (SSSR count). The van der Waals surface area contributed by atoms with E-state index in [4.69, 9.17) is 26.9 Å². The van der Waals surface area contributed by atoms with Crippen molar-refractivity contribution in [3.8, 4) is 0 Å². The van der Waals surface area contributed by atoms with Crippen LogP contribution in [0.4, 0.5) is 9.59 Å². The standard InChI is InChI=1S/C14H24N2O2Si.C14H23NO2Si.C13H23N3O2Si.C13H22N2O2Si.C10H22O2Si/c1-18-19(2,3)11-7-10-15-14(17)16-12-13-8-5-4-6-9-13;1-17-18(2,3)11-7-10-15-14(16)12-13-8-5-4-6-9-13;1-18-19(2,3)10-6-9-15-13(17)16-11-12-7-4-5-8-14-12;1-17-18(2,3)10-4-7-15-13(16)11-12-5-8-14-9-6-12;1-11-13(2,3)8-4-7-12-9-10-5-6-10/h4-6,8-9H,7,10-12H2,1-3H3,(H2,15,16,17);4-6,8-9H,7,10-12H2,1-3H3,(H,15,16);4-5,7-8H,6,9-11H2,1-3H3,(H2,15,16,17);5-6,8-9H,4,7,10-11H2,1-3H3,(H,15,16);10H,4-9H2,1-3H3. The number of pyridine rings is 2. The van der Waals surface area contributed by atoms with Crippen LogP contribution in [0.25, 0.3) is 0 Å². The number of nitrogens with one attached hydrogen (secondary N) is 6. The number of urea groups is 2. The van der Waals surface area contributed by atoms with Gasteiger partial charge in [-0.05, 0) is 188 Å². The third kappa shape index (κ3) is 46.8. The number of nitrogens with zero attached hydrogens (tertiary/aromatic N) is 2. The molecule has 1 fully saturated rings. The first-order valence-electron chi connectivity index (χ1n) is 31.0. The minimum atomic E-state index is -1.50. The van der Waals surface area contributed by atoms with E-state index in [-0.39, 0.29) is 23.9 Å². The van der Waals surface area contributed by atoms with Crippen molar-refractivity contribution in [3.05, 3.63) is 132 Å². The highest BCUT2D eigenvalue weighted by atomic mass is 28.4. The van der Waals surface area contributed by atoms with Crippen LogP contribution in [0.3, 0.4) is 0 Å². The summed E-state index contributed by atoms with van der Waals surface area (Å²) in [5.41, 5.74) is 4.01. The summed E-state index contributed by atoms with van der Waals surface area (Å²) in [6.07, 6.45) is 13.8. The Morgan fingerprint density at radius 1 is 0.425 bits per heavy atom. The number of hydrogen-bond acceptors (Lipinski definition) is 12. The SMILES string of the molecule is CO[Si](C)(C)CCCNC(=O)Cc1ccccc1.CO[Si](C)(C)CCCNC(=O)Cc1ccncc1.CO[Si](C)(C)CCCNC(=O)NCc1ccccc1.CO[Si](C)(C)CCCNC(=O)NCc1ccccn1.CO[Si](C)(C)CCCOCC1CC1. The molecule has 6 N–H and O–H groups in total. The molecule has 0 bridgehead atoms. The minimum Gasteiger partial charge on any atom is -0.420 e. The number of rotatable bonds is 35. The summed E-state index contributed by atoms with van der Waals surface area (Å²) in [5.74, 6) is 1.06. The molecule has 6 amide bonds. The zero-order valence-electron chi connectivity index (χ0n) is 56.0. The van der Waals surface area contributed by atoms with Gasteiger partial charge in [0.2, 0.25) is 11.8 Å². The fourth-order valence-corrected chi connectivity index (χ4v) is 13.9. The lowest BCUT2D eigenvalue weighted by atomic mass is 10.1. The summed E-state index contributed by atoms with van der Waals surface area (Å²) >= 11 is 0. The van der Waals surface area contributed by atoms with E-state index in [1.165, 1.54) is 25.3 Å². The van der Waals surface area contributed by atoms with Gasteiger partial charge >= 0.3 is 12.1 Å². The second-order valence-electron chi connectivity index (χ2n) is 24.8. The van der Waals surface area contributed by atoms with Gasteiger partial charge in [-0.2, -0.15) is 0 Å². The lowest BCUT2D eigenvalue weighted by molar-refractivity contribution is -0.121. The Hall–Kier alpha value is -4.94. The maximum Gasteiger partial charge on any atom is 0.315 e. The summed E-state index contributed by atoms with van der Waals surface area (Å²) in [6.45, 7) is 27.8. The van der Waals surface area contributed by atoms with Crippen LogP contribution in [0, 0.1) is 5.92 Å². The van der Waals surface area contributed by atoms with Gasteiger partial charge < -0.3 is 58.8 Å². The number of hydrogen-bond donors (Lipinski definition) is 6. The molecule has 2 heterocycles. The molecular formula is C64H114N8O10Si5. The van der Waals surface area contributed by atoms with Gasteiger partial charge in [-0.3, -0.25) is 19.6 Å². The van der Waals surface area contributed by atoms with Gasteiger partial charge in [-0.1, -0.05) is 66.7 Å². The average molecular weight is 1300 g/mol. The molecule has 4 aromatic rings. The van der Waals surface area contributed by atoms with Crippen LogP contribution in [-0.4, -0.2) is 150 Å². The molecule has 490 valence electrons. The van der Waals surface area contributed by atoms with Crippen LogP contribution >= 0.6 is 0 Å². The first-order valence-corrected chi connectivity index (χ1v) is 46.6. The highest BCUT2D eigenvalue weighted by molar-refractivity contribution is 6.72. The van der Waals surface area contributed by atoms with E-state index in [9.17, 15) is 19.2 Å². The van der Waals surface area contributed by atoms with Crippen LogP contribution < -0.4 is 31.9 Å². The minimum absolute atomic E-state index is 0.0677. The fraction of sp³-hybridized carbons (Fsp3) is 0.594. The third-order valence-corrected chi connectivity index (χ3v) is 28.0. The molecule has 1 aliphatic carbocycles. The van der Waals surface area contributed by atoms with E-state index in [0.29, 0.717) is 39.0 Å². The molecule has 0 unspecified atom stereocenters. The number of carbonyl (C=O) groups is 4. The molecule has 23 heteroatoms. The maximum absolute atomic E-state index is 11.7. The second-order valence-corrected chi connectivity index (χ2v) is 46.9. The number of aromatic nitrogens is 2. The number of amides is 6. The first-order chi connectivity index (χ1) is 41.3. The van der Waals surface area contributed by atoms with Gasteiger partial charge in [0.1, 0.15) is 0 Å². The average Bonchev–Trinajstić information content (AvgIpc) is 4.51.